The van der Waals surface area contributed by atoms with E-state index in [1.807, 2.05) is 18.5 Å². The molecule has 33 heavy (non-hydrogen) atoms. The molecule has 1 atom stereocenters. The number of aromatic carboxylic acids is 1. The van der Waals surface area contributed by atoms with Crippen LogP contribution in [-0.4, -0.2) is 46.5 Å². The maximum Gasteiger partial charge on any atom is 0.335 e. The molecule has 0 bridgehead atoms. The maximum absolute atomic E-state index is 13.0. The Bertz CT molecular complexity index is 1070. The molecule has 1 aromatic carbocycles. The van der Waals surface area contributed by atoms with Gasteiger partial charge in [-0.25, -0.2) is 4.79 Å². The smallest absolute Gasteiger partial charge is 0.335 e. The van der Waals surface area contributed by atoms with Crippen LogP contribution in [0.3, 0.4) is 0 Å². The summed E-state index contributed by atoms with van der Waals surface area (Å²) < 4.78 is 7.62. The van der Waals surface area contributed by atoms with Gasteiger partial charge in [-0.1, -0.05) is 25.4 Å². The fraction of sp³-hybridized carbons (Fsp3) is 0.560. The lowest BCUT2D eigenvalue weighted by Crippen LogP contribution is -2.40. The quantitative estimate of drug-likeness (QED) is 0.659. The number of ether oxygens (including phenoxy) is 1. The molecule has 0 aliphatic carbocycles. The number of carbonyl (C=O) groups is 2. The molecule has 7 nitrogen and oxygen atoms in total. The van der Waals surface area contributed by atoms with Crippen molar-refractivity contribution in [2.24, 2.45) is 11.3 Å². The van der Waals surface area contributed by atoms with Crippen molar-refractivity contribution in [3.8, 4) is 0 Å². The van der Waals surface area contributed by atoms with Gasteiger partial charge in [-0.3, -0.25) is 9.48 Å². The summed E-state index contributed by atoms with van der Waals surface area (Å²) in [6.45, 7) is 8.69. The predicted molar refractivity (Wildman–Crippen MR) is 126 cm³/mol. The van der Waals surface area contributed by atoms with Crippen molar-refractivity contribution in [1.82, 2.24) is 15.1 Å². The van der Waals surface area contributed by atoms with Crippen LogP contribution in [0.1, 0.15) is 69.9 Å². The van der Waals surface area contributed by atoms with Gasteiger partial charge in [0.1, 0.15) is 0 Å². The summed E-state index contributed by atoms with van der Waals surface area (Å²) in [5.74, 6) is -0.830. The predicted octanol–water partition coefficient (Wildman–Crippen LogP) is 4.07. The Morgan fingerprint density at radius 1 is 1.36 bits per heavy atom. The first-order valence-electron chi connectivity index (χ1n) is 11.7. The maximum atomic E-state index is 13.0. The second-order valence-electron chi connectivity index (χ2n) is 9.59. The highest BCUT2D eigenvalue weighted by molar-refractivity contribution is 6.31. The summed E-state index contributed by atoms with van der Waals surface area (Å²) in [4.78, 5) is 24.6. The Hall–Kier alpha value is -2.38. The first kappa shape index (κ1) is 23.8. The van der Waals surface area contributed by atoms with E-state index >= 15 is 0 Å². The summed E-state index contributed by atoms with van der Waals surface area (Å²) in [6, 6.07) is 3.22. The normalized spacial score (nSPS) is 18.5. The van der Waals surface area contributed by atoms with Crippen molar-refractivity contribution in [2.75, 3.05) is 19.8 Å². The molecule has 2 N–H and O–H groups in total. The Labute approximate surface area is 199 Å². The molecule has 0 saturated carbocycles. The third-order valence-electron chi connectivity index (χ3n) is 7.22. The number of aryl methyl sites for hydroxylation is 1. The summed E-state index contributed by atoms with van der Waals surface area (Å²) >= 11 is 6.45. The molecular formula is C25H32ClN3O4. The molecular weight excluding hydrogens is 442 g/mol. The lowest BCUT2D eigenvalue weighted by Gasteiger charge is -2.36. The first-order chi connectivity index (χ1) is 15.7. The zero-order valence-corrected chi connectivity index (χ0v) is 20.3. The number of fused-ring (bicyclic) bond motifs is 1. The van der Waals surface area contributed by atoms with Gasteiger partial charge in [-0.05, 0) is 73.6 Å². The van der Waals surface area contributed by atoms with E-state index < -0.39 is 5.97 Å². The number of aromatic nitrogens is 2. The minimum atomic E-state index is -0.948. The molecule has 0 radical (unpaired) electrons. The Morgan fingerprint density at radius 3 is 2.76 bits per heavy atom. The number of carboxylic acids is 1. The number of hydrogen-bond acceptors (Lipinski definition) is 4. The van der Waals surface area contributed by atoms with Crippen molar-refractivity contribution in [1.29, 1.82) is 0 Å². The Kier molecular flexibility index (Phi) is 6.82. The number of hydrogen-bond donors (Lipinski definition) is 2. The molecule has 1 aromatic heterocycles. The van der Waals surface area contributed by atoms with E-state index in [9.17, 15) is 14.7 Å². The zero-order valence-electron chi connectivity index (χ0n) is 19.5. The molecule has 4 rings (SSSR count). The van der Waals surface area contributed by atoms with Crippen LogP contribution in [0.5, 0.6) is 0 Å². The van der Waals surface area contributed by atoms with E-state index in [-0.39, 0.29) is 22.8 Å². The number of carboxylic acid groups (broad SMARTS) is 1. The van der Waals surface area contributed by atoms with Gasteiger partial charge < -0.3 is 15.2 Å². The summed E-state index contributed by atoms with van der Waals surface area (Å²) in [6.07, 6.45) is 3.97. The van der Waals surface area contributed by atoms with Crippen molar-refractivity contribution in [3.05, 3.63) is 50.8 Å². The molecule has 0 unspecified atom stereocenters. The first-order valence-corrected chi connectivity index (χ1v) is 12.1. The molecule has 1 saturated heterocycles. The van der Waals surface area contributed by atoms with Gasteiger partial charge in [0.25, 0.3) is 5.91 Å². The monoisotopic (exact) mass is 473 g/mol. The SMILES string of the molecule is CCc1nn(C[C@H](C)Cc2c(Cl)ccc(C(=O)O)c2C)c2c1C(=O)NCC1(CCOCC1)C2. The van der Waals surface area contributed by atoms with Gasteiger partial charge in [0, 0.05) is 31.3 Å². The van der Waals surface area contributed by atoms with Gasteiger partial charge in [0.2, 0.25) is 0 Å². The third kappa shape index (κ3) is 4.66. The molecule has 1 spiro atoms. The molecule has 3 heterocycles. The van der Waals surface area contributed by atoms with E-state index in [0.29, 0.717) is 49.7 Å². The number of nitrogens with one attached hydrogen (secondary N) is 1. The van der Waals surface area contributed by atoms with Crippen LogP contribution in [0.4, 0.5) is 0 Å². The summed E-state index contributed by atoms with van der Waals surface area (Å²) in [7, 11) is 0. The van der Waals surface area contributed by atoms with E-state index in [4.69, 9.17) is 21.4 Å². The van der Waals surface area contributed by atoms with Crippen molar-refractivity contribution in [2.45, 2.75) is 59.4 Å². The van der Waals surface area contributed by atoms with Gasteiger partial charge in [-0.15, -0.1) is 0 Å². The summed E-state index contributed by atoms with van der Waals surface area (Å²) in [5.41, 5.74) is 4.42. The second kappa shape index (κ2) is 9.47. The molecule has 2 aromatic rings. The van der Waals surface area contributed by atoms with Gasteiger partial charge in [-0.2, -0.15) is 5.10 Å². The number of halogens is 1. The highest BCUT2D eigenvalue weighted by Crippen LogP contribution is 2.37. The van der Waals surface area contributed by atoms with Crippen molar-refractivity contribution in [3.63, 3.8) is 0 Å². The van der Waals surface area contributed by atoms with Crippen LogP contribution < -0.4 is 5.32 Å². The van der Waals surface area contributed by atoms with Gasteiger partial charge in [0.15, 0.2) is 0 Å². The lowest BCUT2D eigenvalue weighted by molar-refractivity contribution is 0.0152. The van der Waals surface area contributed by atoms with Crippen LogP contribution in [0, 0.1) is 18.3 Å². The molecule has 1 fully saturated rings. The minimum Gasteiger partial charge on any atom is -0.478 e. The van der Waals surface area contributed by atoms with Crippen molar-refractivity contribution < 1.29 is 19.4 Å². The van der Waals surface area contributed by atoms with Crippen LogP contribution in [0.2, 0.25) is 5.02 Å². The van der Waals surface area contributed by atoms with Crippen LogP contribution >= 0.6 is 11.6 Å². The van der Waals surface area contributed by atoms with Crippen LogP contribution in [-0.2, 0) is 30.5 Å². The highest BCUT2D eigenvalue weighted by atomic mass is 35.5. The third-order valence-corrected chi connectivity index (χ3v) is 7.57. The van der Waals surface area contributed by atoms with Gasteiger partial charge >= 0.3 is 5.97 Å². The number of carbonyl (C=O) groups excluding carboxylic acids is 1. The number of benzene rings is 1. The highest BCUT2D eigenvalue weighted by Gasteiger charge is 2.39. The summed E-state index contributed by atoms with van der Waals surface area (Å²) in [5, 5.41) is 18.1. The number of rotatable bonds is 6. The average molecular weight is 474 g/mol. The van der Waals surface area contributed by atoms with Crippen LogP contribution in [0.25, 0.3) is 0 Å². The molecule has 178 valence electrons. The Morgan fingerprint density at radius 2 is 2.09 bits per heavy atom. The van der Waals surface area contributed by atoms with E-state index in [1.165, 1.54) is 0 Å². The fourth-order valence-electron chi connectivity index (χ4n) is 5.24. The van der Waals surface area contributed by atoms with E-state index in [0.717, 1.165) is 41.8 Å². The topological polar surface area (TPSA) is 93.5 Å². The second-order valence-corrected chi connectivity index (χ2v) is 10.00. The van der Waals surface area contributed by atoms with Crippen LogP contribution in [0.15, 0.2) is 12.1 Å². The van der Waals surface area contributed by atoms with Gasteiger partial charge in [0.05, 0.1) is 22.5 Å². The molecule has 1 amide bonds. The average Bonchev–Trinajstić information content (AvgIpc) is 3.04. The van der Waals surface area contributed by atoms with E-state index in [1.54, 1.807) is 12.1 Å². The number of amides is 1. The largest absolute Gasteiger partial charge is 0.478 e. The lowest BCUT2D eigenvalue weighted by atomic mass is 9.76. The molecule has 2 aliphatic rings. The van der Waals surface area contributed by atoms with Crippen molar-refractivity contribution >= 4 is 23.5 Å². The molecule has 2 aliphatic heterocycles. The fourth-order valence-corrected chi connectivity index (χ4v) is 5.52. The zero-order chi connectivity index (χ0) is 23.8. The number of nitrogens with zero attached hydrogens (tertiary/aromatic N) is 2. The Balaban J connectivity index is 1.64. The van der Waals surface area contributed by atoms with E-state index in [2.05, 4.69) is 12.2 Å². The standard InChI is InChI=1S/C25H32ClN3O4/c1-4-20-22-21(12-25(14-27-23(22)30)7-9-33-10-8-25)29(28-20)13-15(2)11-18-16(3)17(24(31)32)5-6-19(18)26/h5-6,15H,4,7-14H2,1-3H3,(H,27,30)(H,31,32)/t15-/m1/s1. The minimum absolute atomic E-state index is 0.000901. The molecule has 8 heteroatoms.